The van der Waals surface area contributed by atoms with Gasteiger partial charge in [0.1, 0.15) is 5.78 Å². The lowest BCUT2D eigenvalue weighted by Crippen LogP contribution is -2.51. The van der Waals surface area contributed by atoms with Crippen molar-refractivity contribution in [3.8, 4) is 0 Å². The topological polar surface area (TPSA) is 37.3 Å². The fraction of sp³-hybridized carbons (Fsp3) is 0.955. The Morgan fingerprint density at radius 3 is 2.46 bits per heavy atom. The molecule has 0 bridgehead atoms. The summed E-state index contributed by atoms with van der Waals surface area (Å²) in [6.45, 7) is 6.55. The molecule has 0 saturated heterocycles. The SMILES string of the molecule is CCC(=O)C1CCC2C3CCC4CC(C)(O)CCC4C3CCC12C. The molecule has 0 aromatic heterocycles. The molecule has 8 atom stereocenters. The van der Waals surface area contributed by atoms with Gasteiger partial charge in [-0.15, -0.1) is 0 Å². The summed E-state index contributed by atoms with van der Waals surface area (Å²) in [6, 6.07) is 0. The maximum atomic E-state index is 12.5. The molecule has 4 fully saturated rings. The van der Waals surface area contributed by atoms with Crippen molar-refractivity contribution in [2.24, 2.45) is 40.9 Å². The number of carbonyl (C=O) groups excluding carboxylic acids is 1. The second-order valence-corrected chi connectivity index (χ2v) is 10.2. The van der Waals surface area contributed by atoms with Gasteiger partial charge in [0.25, 0.3) is 0 Å². The van der Waals surface area contributed by atoms with Crippen LogP contribution in [0, 0.1) is 40.9 Å². The average Bonchev–Trinajstić information content (AvgIpc) is 2.90. The molecule has 0 aromatic rings. The first-order chi connectivity index (χ1) is 11.4. The zero-order chi connectivity index (χ0) is 17.1. The van der Waals surface area contributed by atoms with Crippen molar-refractivity contribution < 1.29 is 9.90 Å². The maximum Gasteiger partial charge on any atom is 0.136 e. The number of ketones is 1. The Hall–Kier alpha value is -0.370. The van der Waals surface area contributed by atoms with Gasteiger partial charge in [0.2, 0.25) is 0 Å². The smallest absolute Gasteiger partial charge is 0.136 e. The van der Waals surface area contributed by atoms with Gasteiger partial charge in [-0.25, -0.2) is 0 Å². The first kappa shape index (κ1) is 17.1. The van der Waals surface area contributed by atoms with E-state index < -0.39 is 5.60 Å². The summed E-state index contributed by atoms with van der Waals surface area (Å²) < 4.78 is 0. The van der Waals surface area contributed by atoms with Crippen LogP contribution in [0.3, 0.4) is 0 Å². The van der Waals surface area contributed by atoms with Crippen LogP contribution in [0.15, 0.2) is 0 Å². The van der Waals surface area contributed by atoms with Crippen molar-refractivity contribution in [1.82, 2.24) is 0 Å². The minimum atomic E-state index is -0.414. The summed E-state index contributed by atoms with van der Waals surface area (Å²) in [5, 5.41) is 10.5. The molecule has 1 N–H and O–H groups in total. The van der Waals surface area contributed by atoms with Crippen molar-refractivity contribution >= 4 is 5.78 Å². The molecule has 136 valence electrons. The van der Waals surface area contributed by atoms with Crippen LogP contribution in [-0.4, -0.2) is 16.5 Å². The third kappa shape index (κ3) is 2.50. The number of Topliss-reactive ketones (excluding diaryl/α,β-unsaturated/α-hetero) is 1. The summed E-state index contributed by atoms with van der Waals surface area (Å²) in [6.07, 6.45) is 11.7. The largest absolute Gasteiger partial charge is 0.390 e. The van der Waals surface area contributed by atoms with E-state index in [1.165, 1.54) is 38.5 Å². The van der Waals surface area contributed by atoms with E-state index in [0.717, 1.165) is 55.3 Å². The van der Waals surface area contributed by atoms with E-state index in [-0.39, 0.29) is 0 Å². The van der Waals surface area contributed by atoms with Crippen LogP contribution in [0.4, 0.5) is 0 Å². The van der Waals surface area contributed by atoms with Crippen LogP contribution < -0.4 is 0 Å². The van der Waals surface area contributed by atoms with E-state index >= 15 is 0 Å². The molecule has 2 nitrogen and oxygen atoms in total. The Balaban J connectivity index is 1.54. The monoisotopic (exact) mass is 332 g/mol. The zero-order valence-corrected chi connectivity index (χ0v) is 15.9. The normalized spacial score (nSPS) is 53.8. The van der Waals surface area contributed by atoms with Crippen LogP contribution >= 0.6 is 0 Å². The van der Waals surface area contributed by atoms with E-state index in [4.69, 9.17) is 0 Å². The molecule has 0 aliphatic heterocycles. The average molecular weight is 333 g/mol. The highest BCUT2D eigenvalue weighted by molar-refractivity contribution is 5.81. The number of carbonyl (C=O) groups is 1. The first-order valence-electron chi connectivity index (χ1n) is 10.6. The van der Waals surface area contributed by atoms with E-state index in [9.17, 15) is 9.90 Å². The van der Waals surface area contributed by atoms with Gasteiger partial charge in [-0.2, -0.15) is 0 Å². The van der Waals surface area contributed by atoms with Crippen LogP contribution in [0.25, 0.3) is 0 Å². The van der Waals surface area contributed by atoms with Crippen molar-refractivity contribution in [3.05, 3.63) is 0 Å². The standard InChI is InChI=1S/C22H36O2/c1-4-20(23)19-8-7-18-17-6-5-14-13-21(2,24)11-9-15(14)16(17)10-12-22(18,19)3/h14-19,24H,4-13H2,1-3H3. The fourth-order valence-corrected chi connectivity index (χ4v) is 7.86. The second-order valence-electron chi connectivity index (χ2n) is 10.2. The lowest BCUT2D eigenvalue weighted by molar-refractivity contribution is -0.132. The number of hydrogen-bond donors (Lipinski definition) is 1. The summed E-state index contributed by atoms with van der Waals surface area (Å²) >= 11 is 0. The van der Waals surface area contributed by atoms with Crippen LogP contribution in [-0.2, 0) is 4.79 Å². The Labute approximate surface area is 147 Å². The number of aliphatic hydroxyl groups is 1. The highest BCUT2D eigenvalue weighted by Gasteiger charge is 2.58. The Morgan fingerprint density at radius 2 is 1.71 bits per heavy atom. The summed E-state index contributed by atoms with van der Waals surface area (Å²) in [5.41, 5.74) is -0.121. The number of rotatable bonds is 2. The first-order valence-corrected chi connectivity index (χ1v) is 10.6. The summed E-state index contributed by atoms with van der Waals surface area (Å²) in [7, 11) is 0. The minimum Gasteiger partial charge on any atom is -0.390 e. The quantitative estimate of drug-likeness (QED) is 0.774. The maximum absolute atomic E-state index is 12.5. The third-order valence-corrected chi connectivity index (χ3v) is 8.97. The molecule has 0 amide bonds. The van der Waals surface area contributed by atoms with Crippen molar-refractivity contribution in [3.63, 3.8) is 0 Å². The summed E-state index contributed by atoms with van der Waals surface area (Å²) in [5.74, 6) is 5.03. The Morgan fingerprint density at radius 1 is 0.958 bits per heavy atom. The molecule has 0 spiro atoms. The second kappa shape index (κ2) is 5.83. The van der Waals surface area contributed by atoms with Crippen molar-refractivity contribution in [1.29, 1.82) is 0 Å². The van der Waals surface area contributed by atoms with E-state index in [0.29, 0.717) is 17.1 Å². The molecular weight excluding hydrogens is 296 g/mol. The Bertz CT molecular complexity index is 510. The molecule has 0 heterocycles. The van der Waals surface area contributed by atoms with Gasteiger partial charge in [0, 0.05) is 12.3 Å². The number of hydrogen-bond acceptors (Lipinski definition) is 2. The lowest BCUT2D eigenvalue weighted by Gasteiger charge is -2.56. The van der Waals surface area contributed by atoms with Crippen LogP contribution in [0.1, 0.15) is 85.0 Å². The Kier molecular flexibility index (Phi) is 4.14. The van der Waals surface area contributed by atoms with Gasteiger partial charge in [0.05, 0.1) is 5.60 Å². The number of fused-ring (bicyclic) bond motifs is 5. The van der Waals surface area contributed by atoms with Gasteiger partial charge < -0.3 is 5.11 Å². The molecule has 4 aliphatic carbocycles. The van der Waals surface area contributed by atoms with Gasteiger partial charge in [-0.05, 0) is 99.7 Å². The predicted molar refractivity (Wildman–Crippen MR) is 96.5 cm³/mol. The van der Waals surface area contributed by atoms with Gasteiger partial charge in [-0.1, -0.05) is 13.8 Å². The van der Waals surface area contributed by atoms with Gasteiger partial charge >= 0.3 is 0 Å². The predicted octanol–water partition coefficient (Wildman–Crippen LogP) is 4.99. The lowest BCUT2D eigenvalue weighted by atomic mass is 9.49. The molecule has 8 unspecified atom stereocenters. The fourth-order valence-electron chi connectivity index (χ4n) is 7.86. The molecule has 4 rings (SSSR count). The van der Waals surface area contributed by atoms with E-state index in [1.807, 2.05) is 13.8 Å². The molecular formula is C22H36O2. The zero-order valence-electron chi connectivity index (χ0n) is 15.9. The van der Waals surface area contributed by atoms with Crippen molar-refractivity contribution in [2.45, 2.75) is 90.6 Å². The van der Waals surface area contributed by atoms with E-state index in [2.05, 4.69) is 6.92 Å². The van der Waals surface area contributed by atoms with Crippen LogP contribution in [0.5, 0.6) is 0 Å². The molecule has 0 radical (unpaired) electrons. The van der Waals surface area contributed by atoms with Gasteiger partial charge in [-0.3, -0.25) is 4.79 Å². The molecule has 4 saturated carbocycles. The van der Waals surface area contributed by atoms with E-state index in [1.54, 1.807) is 0 Å². The highest BCUT2D eigenvalue weighted by Crippen LogP contribution is 2.64. The minimum absolute atomic E-state index is 0.293. The molecule has 2 heteroatoms. The summed E-state index contributed by atoms with van der Waals surface area (Å²) in [4.78, 5) is 12.5. The highest BCUT2D eigenvalue weighted by atomic mass is 16.3. The van der Waals surface area contributed by atoms with Crippen molar-refractivity contribution in [2.75, 3.05) is 0 Å². The molecule has 4 aliphatic rings. The molecule has 24 heavy (non-hydrogen) atoms. The van der Waals surface area contributed by atoms with Gasteiger partial charge in [0.15, 0.2) is 0 Å². The molecule has 0 aromatic carbocycles. The van der Waals surface area contributed by atoms with Crippen LogP contribution in [0.2, 0.25) is 0 Å². The third-order valence-electron chi connectivity index (χ3n) is 8.97.